The lowest BCUT2D eigenvalue weighted by molar-refractivity contribution is 0.0919. The van der Waals surface area contributed by atoms with E-state index in [4.69, 9.17) is 0 Å². The molecule has 3 aromatic rings. The molecule has 5 heteroatoms. The van der Waals surface area contributed by atoms with Crippen LogP contribution in [0.1, 0.15) is 27.0 Å². The Morgan fingerprint density at radius 3 is 2.38 bits per heavy atom. The van der Waals surface area contributed by atoms with Crippen LogP contribution in [0.25, 0.3) is 10.6 Å². The van der Waals surface area contributed by atoms with E-state index in [1.54, 1.807) is 0 Å². The summed E-state index contributed by atoms with van der Waals surface area (Å²) in [5, 5.41) is 13.3. The van der Waals surface area contributed by atoms with Crippen LogP contribution in [-0.4, -0.2) is 22.6 Å². The van der Waals surface area contributed by atoms with Crippen molar-refractivity contribution in [3.05, 3.63) is 76.8 Å². The molecular formula is C19H18N2O2S. The lowest BCUT2D eigenvalue weighted by atomic mass is 10.1. The van der Waals surface area contributed by atoms with Crippen LogP contribution in [0.2, 0.25) is 0 Å². The molecule has 1 unspecified atom stereocenters. The van der Waals surface area contributed by atoms with E-state index in [1.807, 2.05) is 67.6 Å². The first-order valence-electron chi connectivity index (χ1n) is 7.68. The molecule has 0 aliphatic rings. The molecule has 2 aromatic carbocycles. The van der Waals surface area contributed by atoms with Crippen LogP contribution in [0.4, 0.5) is 0 Å². The Morgan fingerprint density at radius 1 is 1.12 bits per heavy atom. The predicted octanol–water partition coefficient (Wildman–Crippen LogP) is 3.58. The van der Waals surface area contributed by atoms with Gasteiger partial charge in [-0.1, -0.05) is 60.7 Å². The lowest BCUT2D eigenvalue weighted by Crippen LogP contribution is -2.30. The highest BCUT2D eigenvalue weighted by Crippen LogP contribution is 2.28. The molecule has 1 aromatic heterocycles. The topological polar surface area (TPSA) is 62.2 Å². The Morgan fingerprint density at radius 2 is 1.75 bits per heavy atom. The highest BCUT2D eigenvalue weighted by molar-refractivity contribution is 7.17. The maximum Gasteiger partial charge on any atom is 0.263 e. The molecule has 0 radical (unpaired) electrons. The van der Waals surface area contributed by atoms with Gasteiger partial charge in [0.2, 0.25) is 0 Å². The fourth-order valence-corrected chi connectivity index (χ4v) is 3.43. The molecule has 122 valence electrons. The molecule has 2 N–H and O–H groups in total. The Kier molecular flexibility index (Phi) is 5.03. The Balaban J connectivity index is 1.81. The number of carbonyl (C=O) groups excluding carboxylic acids is 1. The minimum atomic E-state index is -0.430. The zero-order valence-corrected chi connectivity index (χ0v) is 14.1. The molecule has 1 atom stereocenters. The van der Waals surface area contributed by atoms with Gasteiger partial charge in [0.25, 0.3) is 5.91 Å². The summed E-state index contributed by atoms with van der Waals surface area (Å²) in [6, 6.07) is 18.8. The Labute approximate surface area is 144 Å². The third-order valence-electron chi connectivity index (χ3n) is 3.71. The van der Waals surface area contributed by atoms with E-state index in [0.29, 0.717) is 10.6 Å². The average molecular weight is 338 g/mol. The van der Waals surface area contributed by atoms with Crippen molar-refractivity contribution in [1.29, 1.82) is 0 Å². The van der Waals surface area contributed by atoms with Gasteiger partial charge in [-0.05, 0) is 12.5 Å². The summed E-state index contributed by atoms with van der Waals surface area (Å²) >= 11 is 1.36. The van der Waals surface area contributed by atoms with Crippen LogP contribution in [0.15, 0.2) is 60.7 Å². The van der Waals surface area contributed by atoms with Crippen LogP contribution < -0.4 is 5.32 Å². The zero-order valence-electron chi connectivity index (χ0n) is 13.3. The van der Waals surface area contributed by atoms with Gasteiger partial charge in [-0.25, -0.2) is 4.98 Å². The number of thiazole rings is 1. The second-order valence-electron chi connectivity index (χ2n) is 5.42. The molecule has 4 nitrogen and oxygen atoms in total. The Bertz CT molecular complexity index is 816. The molecule has 0 fully saturated rings. The fraction of sp³-hybridized carbons (Fsp3) is 0.158. The van der Waals surface area contributed by atoms with Crippen LogP contribution in [0.3, 0.4) is 0 Å². The predicted molar refractivity (Wildman–Crippen MR) is 96.0 cm³/mol. The molecule has 24 heavy (non-hydrogen) atoms. The average Bonchev–Trinajstić information content (AvgIpc) is 3.03. The van der Waals surface area contributed by atoms with Crippen molar-refractivity contribution in [2.75, 3.05) is 6.61 Å². The second-order valence-corrected chi connectivity index (χ2v) is 6.42. The highest BCUT2D eigenvalue weighted by Gasteiger charge is 2.20. The smallest absolute Gasteiger partial charge is 0.263 e. The molecule has 1 heterocycles. The van der Waals surface area contributed by atoms with E-state index in [0.717, 1.165) is 16.1 Å². The summed E-state index contributed by atoms with van der Waals surface area (Å²) in [6.45, 7) is 1.67. The van der Waals surface area contributed by atoms with Crippen molar-refractivity contribution in [3.63, 3.8) is 0 Å². The van der Waals surface area contributed by atoms with Gasteiger partial charge >= 0.3 is 0 Å². The van der Waals surface area contributed by atoms with Gasteiger partial charge in [-0.3, -0.25) is 4.79 Å². The quantitative estimate of drug-likeness (QED) is 0.747. The van der Waals surface area contributed by atoms with Crippen LogP contribution >= 0.6 is 11.3 Å². The zero-order chi connectivity index (χ0) is 16.9. The maximum absolute atomic E-state index is 12.6. The molecule has 0 saturated carbocycles. The molecule has 0 bridgehead atoms. The third kappa shape index (κ3) is 3.53. The molecule has 0 aliphatic heterocycles. The van der Waals surface area contributed by atoms with Gasteiger partial charge in [0.05, 0.1) is 18.3 Å². The number of aryl methyl sites for hydroxylation is 1. The number of amides is 1. The number of hydrogen-bond donors (Lipinski definition) is 2. The number of carbonyl (C=O) groups is 1. The number of aliphatic hydroxyl groups excluding tert-OH is 1. The summed E-state index contributed by atoms with van der Waals surface area (Å²) in [5.74, 6) is -0.213. The van der Waals surface area contributed by atoms with Crippen LogP contribution in [-0.2, 0) is 0 Å². The molecular weight excluding hydrogens is 320 g/mol. The summed E-state index contributed by atoms with van der Waals surface area (Å²) in [6.07, 6.45) is 0. The SMILES string of the molecule is Cc1nc(-c2ccccc2)sc1C(=O)NC(CO)c1ccccc1. The molecule has 3 rings (SSSR count). The summed E-state index contributed by atoms with van der Waals surface area (Å²) in [5.41, 5.74) is 2.56. The number of hydrogen-bond acceptors (Lipinski definition) is 4. The molecule has 0 saturated heterocycles. The van der Waals surface area contributed by atoms with Gasteiger partial charge in [-0.2, -0.15) is 0 Å². The minimum absolute atomic E-state index is 0.154. The summed E-state index contributed by atoms with van der Waals surface area (Å²) < 4.78 is 0. The van der Waals surface area contributed by atoms with Crippen molar-refractivity contribution in [3.8, 4) is 10.6 Å². The number of rotatable bonds is 5. The first-order valence-corrected chi connectivity index (χ1v) is 8.50. The molecule has 1 amide bonds. The summed E-state index contributed by atoms with van der Waals surface area (Å²) in [7, 11) is 0. The van der Waals surface area contributed by atoms with Crippen molar-refractivity contribution >= 4 is 17.2 Å². The molecule has 0 aliphatic carbocycles. The van der Waals surface area contributed by atoms with E-state index in [2.05, 4.69) is 10.3 Å². The van der Waals surface area contributed by atoms with E-state index in [-0.39, 0.29) is 12.5 Å². The summed E-state index contributed by atoms with van der Waals surface area (Å²) in [4.78, 5) is 17.7. The standard InChI is InChI=1S/C19H18N2O2S/c1-13-17(24-19(20-13)15-10-6-3-7-11-15)18(23)21-16(12-22)14-8-4-2-5-9-14/h2-11,16,22H,12H2,1H3,(H,21,23). The van der Waals surface area contributed by atoms with Gasteiger partial charge in [0, 0.05) is 5.56 Å². The van der Waals surface area contributed by atoms with Crippen LogP contribution in [0.5, 0.6) is 0 Å². The number of aliphatic hydroxyl groups is 1. The van der Waals surface area contributed by atoms with Crippen molar-refractivity contribution < 1.29 is 9.90 Å². The number of nitrogens with zero attached hydrogens (tertiary/aromatic N) is 1. The highest BCUT2D eigenvalue weighted by atomic mass is 32.1. The van der Waals surface area contributed by atoms with E-state index >= 15 is 0 Å². The second kappa shape index (κ2) is 7.38. The monoisotopic (exact) mass is 338 g/mol. The largest absolute Gasteiger partial charge is 0.394 e. The van der Waals surface area contributed by atoms with Gasteiger partial charge in [0.1, 0.15) is 9.88 Å². The Hall–Kier alpha value is -2.50. The van der Waals surface area contributed by atoms with Crippen molar-refractivity contribution in [1.82, 2.24) is 10.3 Å². The van der Waals surface area contributed by atoms with Gasteiger partial charge < -0.3 is 10.4 Å². The van der Waals surface area contributed by atoms with E-state index in [9.17, 15) is 9.90 Å². The normalized spacial score (nSPS) is 11.9. The first kappa shape index (κ1) is 16.4. The van der Waals surface area contributed by atoms with Crippen molar-refractivity contribution in [2.45, 2.75) is 13.0 Å². The van der Waals surface area contributed by atoms with Gasteiger partial charge in [0.15, 0.2) is 0 Å². The van der Waals surface area contributed by atoms with E-state index < -0.39 is 6.04 Å². The fourth-order valence-electron chi connectivity index (χ4n) is 2.45. The van der Waals surface area contributed by atoms with E-state index in [1.165, 1.54) is 11.3 Å². The first-order chi connectivity index (χ1) is 11.7. The van der Waals surface area contributed by atoms with Crippen LogP contribution in [0, 0.1) is 6.92 Å². The van der Waals surface area contributed by atoms with Crippen molar-refractivity contribution in [2.24, 2.45) is 0 Å². The number of benzene rings is 2. The lowest BCUT2D eigenvalue weighted by Gasteiger charge is -2.16. The third-order valence-corrected chi connectivity index (χ3v) is 4.92. The van der Waals surface area contributed by atoms with Gasteiger partial charge in [-0.15, -0.1) is 11.3 Å². The maximum atomic E-state index is 12.6. The molecule has 0 spiro atoms. The number of aromatic nitrogens is 1. The number of nitrogens with one attached hydrogen (secondary N) is 1. The minimum Gasteiger partial charge on any atom is -0.394 e.